The number of rotatable bonds is 4. The van der Waals surface area contributed by atoms with Crippen molar-refractivity contribution >= 4 is 11.8 Å². The molecule has 1 unspecified atom stereocenters. The highest BCUT2D eigenvalue weighted by Gasteiger charge is 2.25. The predicted molar refractivity (Wildman–Crippen MR) is 86.1 cm³/mol. The van der Waals surface area contributed by atoms with Gasteiger partial charge in [0.15, 0.2) is 0 Å². The first-order valence-corrected chi connectivity index (χ1v) is 8.06. The largest absolute Gasteiger partial charge is 0.481 e. The molecule has 0 bridgehead atoms. The fourth-order valence-corrected chi connectivity index (χ4v) is 3.24. The number of hydrogen-bond acceptors (Lipinski definition) is 4. The van der Waals surface area contributed by atoms with E-state index in [0.29, 0.717) is 6.54 Å². The van der Waals surface area contributed by atoms with Crippen LogP contribution in [0.5, 0.6) is 0 Å². The molecule has 0 amide bonds. The van der Waals surface area contributed by atoms with Crippen LogP contribution >= 0.6 is 0 Å². The number of benzene rings is 1. The molecule has 1 saturated heterocycles. The highest BCUT2D eigenvalue weighted by molar-refractivity contribution is 6.00. The first kappa shape index (κ1) is 15.0. The molecule has 1 atom stereocenters. The summed E-state index contributed by atoms with van der Waals surface area (Å²) < 4.78 is 0. The molecule has 1 fully saturated rings. The molecule has 2 aliphatic rings. The Hall–Kier alpha value is -1.88. The number of piperidine rings is 1. The summed E-state index contributed by atoms with van der Waals surface area (Å²) in [6, 6.07) is 8.30. The SMILES string of the molecule is O=C(O)C1CCCN(Cc2ccccc2C2=NCCCN2)C1. The molecule has 2 N–H and O–H groups in total. The summed E-state index contributed by atoms with van der Waals surface area (Å²) in [7, 11) is 0. The Labute approximate surface area is 131 Å². The number of nitrogens with one attached hydrogen (secondary N) is 1. The second-order valence-electron chi connectivity index (χ2n) is 6.08. The van der Waals surface area contributed by atoms with Gasteiger partial charge in [0.25, 0.3) is 0 Å². The zero-order chi connectivity index (χ0) is 15.4. The van der Waals surface area contributed by atoms with Gasteiger partial charge in [0.2, 0.25) is 0 Å². The minimum absolute atomic E-state index is 0.231. The molecule has 118 valence electrons. The van der Waals surface area contributed by atoms with Crippen molar-refractivity contribution in [3.8, 4) is 0 Å². The lowest BCUT2D eigenvalue weighted by molar-refractivity contribution is -0.143. The maximum absolute atomic E-state index is 11.2. The van der Waals surface area contributed by atoms with Gasteiger partial charge in [-0.15, -0.1) is 0 Å². The van der Waals surface area contributed by atoms with Crippen LogP contribution in [0.4, 0.5) is 0 Å². The Morgan fingerprint density at radius 2 is 2.23 bits per heavy atom. The van der Waals surface area contributed by atoms with E-state index in [1.165, 1.54) is 5.56 Å². The van der Waals surface area contributed by atoms with Crippen molar-refractivity contribution in [3.05, 3.63) is 35.4 Å². The summed E-state index contributed by atoms with van der Waals surface area (Å²) in [5.74, 6) is 0.0796. The molecule has 3 rings (SSSR count). The van der Waals surface area contributed by atoms with Gasteiger partial charge in [-0.05, 0) is 31.4 Å². The van der Waals surface area contributed by atoms with Crippen molar-refractivity contribution < 1.29 is 9.90 Å². The summed E-state index contributed by atoms with van der Waals surface area (Å²) in [4.78, 5) is 18.1. The van der Waals surface area contributed by atoms with E-state index < -0.39 is 5.97 Å². The van der Waals surface area contributed by atoms with Crippen LogP contribution in [0.3, 0.4) is 0 Å². The Balaban J connectivity index is 1.75. The topological polar surface area (TPSA) is 64.9 Å². The molecule has 2 heterocycles. The van der Waals surface area contributed by atoms with Crippen LogP contribution in [0.25, 0.3) is 0 Å². The second-order valence-corrected chi connectivity index (χ2v) is 6.08. The zero-order valence-electron chi connectivity index (χ0n) is 12.8. The minimum atomic E-state index is -0.670. The highest BCUT2D eigenvalue weighted by atomic mass is 16.4. The predicted octanol–water partition coefficient (Wildman–Crippen LogP) is 1.72. The van der Waals surface area contributed by atoms with E-state index in [1.54, 1.807) is 0 Å². The van der Waals surface area contributed by atoms with Crippen molar-refractivity contribution in [1.29, 1.82) is 0 Å². The number of carboxylic acids is 1. The molecular formula is C17H23N3O2. The lowest BCUT2D eigenvalue weighted by atomic mass is 9.97. The van der Waals surface area contributed by atoms with Crippen LogP contribution in [0.15, 0.2) is 29.3 Å². The van der Waals surface area contributed by atoms with Crippen LogP contribution in [0.2, 0.25) is 0 Å². The number of aliphatic carboxylic acids is 1. The maximum Gasteiger partial charge on any atom is 0.307 e. The third kappa shape index (κ3) is 3.47. The van der Waals surface area contributed by atoms with E-state index in [-0.39, 0.29) is 5.92 Å². The van der Waals surface area contributed by atoms with Crippen molar-refractivity contribution in [1.82, 2.24) is 10.2 Å². The van der Waals surface area contributed by atoms with Gasteiger partial charge in [0.1, 0.15) is 5.84 Å². The number of hydrogen-bond donors (Lipinski definition) is 2. The number of aliphatic imine (C=N–C) groups is 1. The Bertz CT molecular complexity index is 571. The smallest absolute Gasteiger partial charge is 0.307 e. The third-order valence-electron chi connectivity index (χ3n) is 4.42. The Morgan fingerprint density at radius 1 is 1.36 bits per heavy atom. The summed E-state index contributed by atoms with van der Waals surface area (Å²) in [5, 5.41) is 12.6. The molecule has 1 aromatic rings. The van der Waals surface area contributed by atoms with Crippen LogP contribution in [0.1, 0.15) is 30.4 Å². The van der Waals surface area contributed by atoms with Crippen LogP contribution < -0.4 is 5.32 Å². The molecule has 5 heteroatoms. The molecule has 0 aliphatic carbocycles. The molecular weight excluding hydrogens is 278 g/mol. The standard InChI is InChI=1S/C17H23N3O2/c21-17(22)14-6-3-10-20(12-14)11-13-5-1-2-7-15(13)16-18-8-4-9-19-16/h1-2,5,7,14H,3-4,6,8-12H2,(H,18,19)(H,21,22). The lowest BCUT2D eigenvalue weighted by Gasteiger charge is -2.31. The van der Waals surface area contributed by atoms with E-state index in [1.807, 2.05) is 12.1 Å². The minimum Gasteiger partial charge on any atom is -0.481 e. The lowest BCUT2D eigenvalue weighted by Crippen LogP contribution is -2.39. The summed E-state index contributed by atoms with van der Waals surface area (Å²) >= 11 is 0. The van der Waals surface area contributed by atoms with Crippen molar-refractivity contribution in [3.63, 3.8) is 0 Å². The van der Waals surface area contributed by atoms with Gasteiger partial charge in [-0.25, -0.2) is 0 Å². The second kappa shape index (κ2) is 6.92. The van der Waals surface area contributed by atoms with Crippen LogP contribution in [-0.4, -0.2) is 48.0 Å². The number of carbonyl (C=O) groups is 1. The summed E-state index contributed by atoms with van der Waals surface area (Å²) in [6.07, 6.45) is 2.83. The van der Waals surface area contributed by atoms with Gasteiger partial charge in [-0.1, -0.05) is 24.3 Å². The van der Waals surface area contributed by atoms with Crippen molar-refractivity contribution in [2.75, 3.05) is 26.2 Å². The average Bonchev–Trinajstić information content (AvgIpc) is 2.56. The first-order chi connectivity index (χ1) is 10.7. The molecule has 5 nitrogen and oxygen atoms in total. The van der Waals surface area contributed by atoms with Crippen molar-refractivity contribution in [2.45, 2.75) is 25.8 Å². The van der Waals surface area contributed by atoms with E-state index in [0.717, 1.165) is 56.8 Å². The number of likely N-dealkylation sites (tertiary alicyclic amines) is 1. The van der Waals surface area contributed by atoms with E-state index in [2.05, 4.69) is 27.3 Å². The maximum atomic E-state index is 11.2. The average molecular weight is 301 g/mol. The van der Waals surface area contributed by atoms with Gasteiger partial charge in [-0.3, -0.25) is 14.7 Å². The quantitative estimate of drug-likeness (QED) is 0.889. The molecule has 0 radical (unpaired) electrons. The Morgan fingerprint density at radius 3 is 3.00 bits per heavy atom. The third-order valence-corrected chi connectivity index (χ3v) is 4.42. The molecule has 2 aliphatic heterocycles. The molecule has 0 saturated carbocycles. The summed E-state index contributed by atoms with van der Waals surface area (Å²) in [5.41, 5.74) is 2.38. The van der Waals surface area contributed by atoms with Gasteiger partial charge in [0, 0.05) is 31.7 Å². The number of carboxylic acid groups (broad SMARTS) is 1. The summed E-state index contributed by atoms with van der Waals surface area (Å²) in [6.45, 7) is 4.25. The normalized spacial score (nSPS) is 22.7. The zero-order valence-corrected chi connectivity index (χ0v) is 12.8. The van der Waals surface area contributed by atoms with E-state index in [4.69, 9.17) is 0 Å². The Kier molecular flexibility index (Phi) is 4.73. The number of amidine groups is 1. The molecule has 0 aromatic heterocycles. The van der Waals surface area contributed by atoms with Crippen LogP contribution in [0, 0.1) is 5.92 Å². The first-order valence-electron chi connectivity index (χ1n) is 8.06. The fourth-order valence-electron chi connectivity index (χ4n) is 3.24. The fraction of sp³-hybridized carbons (Fsp3) is 0.529. The monoisotopic (exact) mass is 301 g/mol. The van der Waals surface area contributed by atoms with E-state index >= 15 is 0 Å². The van der Waals surface area contributed by atoms with Gasteiger partial charge < -0.3 is 10.4 Å². The van der Waals surface area contributed by atoms with Gasteiger partial charge >= 0.3 is 5.97 Å². The van der Waals surface area contributed by atoms with Gasteiger partial charge in [-0.2, -0.15) is 0 Å². The molecule has 0 spiro atoms. The van der Waals surface area contributed by atoms with Crippen LogP contribution in [-0.2, 0) is 11.3 Å². The van der Waals surface area contributed by atoms with Gasteiger partial charge in [0.05, 0.1) is 5.92 Å². The molecule has 1 aromatic carbocycles. The highest BCUT2D eigenvalue weighted by Crippen LogP contribution is 2.20. The van der Waals surface area contributed by atoms with E-state index in [9.17, 15) is 9.90 Å². The van der Waals surface area contributed by atoms with Crippen molar-refractivity contribution in [2.24, 2.45) is 10.9 Å². The number of nitrogens with zero attached hydrogens (tertiary/aromatic N) is 2. The molecule has 22 heavy (non-hydrogen) atoms.